The number of amides is 2. The van der Waals surface area contributed by atoms with E-state index < -0.39 is 0 Å². The zero-order valence-corrected chi connectivity index (χ0v) is 12.4. The number of carbonyl (C=O) groups excluding carboxylic acids is 2. The standard InChI is InChI=1S/C14H26N2O3/c1-5-7-11-14(18)16(8-9-19-6-2)12(10(3)4)13(17)15-11/h10-12H,5-9H2,1-4H3,(H,15,17). The van der Waals surface area contributed by atoms with Crippen LogP contribution in [0.15, 0.2) is 0 Å². The van der Waals surface area contributed by atoms with Gasteiger partial charge in [-0.3, -0.25) is 9.59 Å². The molecular weight excluding hydrogens is 244 g/mol. The fourth-order valence-electron chi connectivity index (χ4n) is 2.50. The highest BCUT2D eigenvalue weighted by atomic mass is 16.5. The lowest BCUT2D eigenvalue weighted by atomic mass is 9.95. The number of nitrogens with zero attached hydrogens (tertiary/aromatic N) is 1. The zero-order valence-electron chi connectivity index (χ0n) is 12.4. The third-order valence-corrected chi connectivity index (χ3v) is 3.39. The highest BCUT2D eigenvalue weighted by molar-refractivity contribution is 5.97. The van der Waals surface area contributed by atoms with E-state index in [1.165, 1.54) is 0 Å². The lowest BCUT2D eigenvalue weighted by Gasteiger charge is -2.40. The van der Waals surface area contributed by atoms with Gasteiger partial charge in [-0.15, -0.1) is 0 Å². The van der Waals surface area contributed by atoms with E-state index in [4.69, 9.17) is 4.74 Å². The second-order valence-corrected chi connectivity index (χ2v) is 5.27. The molecule has 1 rings (SSSR count). The summed E-state index contributed by atoms with van der Waals surface area (Å²) in [6.45, 7) is 9.46. The van der Waals surface area contributed by atoms with Gasteiger partial charge in [-0.25, -0.2) is 0 Å². The molecular formula is C14H26N2O3. The third kappa shape index (κ3) is 3.93. The average molecular weight is 270 g/mol. The normalized spacial score (nSPS) is 23.9. The minimum Gasteiger partial charge on any atom is -0.380 e. The van der Waals surface area contributed by atoms with E-state index in [0.717, 1.165) is 6.42 Å². The van der Waals surface area contributed by atoms with E-state index in [1.807, 2.05) is 27.7 Å². The SMILES string of the molecule is CCCC1NC(=O)C(C(C)C)N(CCOCC)C1=O. The fraction of sp³-hybridized carbons (Fsp3) is 0.857. The number of nitrogens with one attached hydrogen (secondary N) is 1. The lowest BCUT2D eigenvalue weighted by Crippen LogP contribution is -2.65. The smallest absolute Gasteiger partial charge is 0.245 e. The molecule has 2 amide bonds. The molecule has 1 aliphatic heterocycles. The van der Waals surface area contributed by atoms with Crippen molar-refractivity contribution in [1.29, 1.82) is 0 Å². The minimum absolute atomic E-state index is 0.0276. The second kappa shape index (κ2) is 7.48. The molecule has 0 aliphatic carbocycles. The number of rotatable bonds is 7. The molecule has 19 heavy (non-hydrogen) atoms. The van der Waals surface area contributed by atoms with Gasteiger partial charge in [0.2, 0.25) is 11.8 Å². The molecule has 1 fully saturated rings. The first kappa shape index (κ1) is 16.0. The third-order valence-electron chi connectivity index (χ3n) is 3.39. The first-order valence-electron chi connectivity index (χ1n) is 7.21. The van der Waals surface area contributed by atoms with Crippen LogP contribution >= 0.6 is 0 Å². The minimum atomic E-state index is -0.374. The maximum absolute atomic E-state index is 12.4. The van der Waals surface area contributed by atoms with Gasteiger partial charge >= 0.3 is 0 Å². The monoisotopic (exact) mass is 270 g/mol. The molecule has 0 aromatic rings. The van der Waals surface area contributed by atoms with Crippen LogP contribution in [0.3, 0.4) is 0 Å². The Labute approximate surface area is 115 Å². The number of piperazine rings is 1. The largest absolute Gasteiger partial charge is 0.380 e. The Morgan fingerprint density at radius 3 is 2.53 bits per heavy atom. The molecule has 110 valence electrons. The quantitative estimate of drug-likeness (QED) is 0.707. The Morgan fingerprint density at radius 2 is 2.00 bits per heavy atom. The van der Waals surface area contributed by atoms with E-state index in [9.17, 15) is 9.59 Å². The van der Waals surface area contributed by atoms with Gasteiger partial charge in [0.25, 0.3) is 0 Å². The molecule has 1 heterocycles. The molecule has 0 radical (unpaired) electrons. The van der Waals surface area contributed by atoms with Crippen molar-refractivity contribution in [2.24, 2.45) is 5.92 Å². The Morgan fingerprint density at radius 1 is 1.32 bits per heavy atom. The van der Waals surface area contributed by atoms with Crippen LogP contribution in [0.25, 0.3) is 0 Å². The Kier molecular flexibility index (Phi) is 6.28. The summed E-state index contributed by atoms with van der Waals surface area (Å²) in [7, 11) is 0. The van der Waals surface area contributed by atoms with Gasteiger partial charge < -0.3 is 15.0 Å². The molecule has 0 spiro atoms. The van der Waals surface area contributed by atoms with E-state index >= 15 is 0 Å². The maximum atomic E-state index is 12.4. The summed E-state index contributed by atoms with van der Waals surface area (Å²) in [6, 6.07) is -0.741. The van der Waals surface area contributed by atoms with Crippen molar-refractivity contribution in [3.05, 3.63) is 0 Å². The van der Waals surface area contributed by atoms with Crippen molar-refractivity contribution in [3.8, 4) is 0 Å². The molecule has 0 aromatic heterocycles. The van der Waals surface area contributed by atoms with Crippen molar-refractivity contribution < 1.29 is 14.3 Å². The fourth-order valence-corrected chi connectivity index (χ4v) is 2.50. The molecule has 2 atom stereocenters. The van der Waals surface area contributed by atoms with Crippen LogP contribution in [0.1, 0.15) is 40.5 Å². The molecule has 0 aromatic carbocycles. The topological polar surface area (TPSA) is 58.6 Å². The van der Waals surface area contributed by atoms with E-state index in [1.54, 1.807) is 4.90 Å². The Balaban J connectivity index is 2.80. The summed E-state index contributed by atoms with van der Waals surface area (Å²) in [4.78, 5) is 26.3. The summed E-state index contributed by atoms with van der Waals surface area (Å²) in [5, 5.41) is 2.85. The molecule has 1 N–H and O–H groups in total. The molecule has 5 nitrogen and oxygen atoms in total. The zero-order chi connectivity index (χ0) is 14.4. The van der Waals surface area contributed by atoms with Crippen LogP contribution in [-0.4, -0.2) is 48.6 Å². The predicted molar refractivity (Wildman–Crippen MR) is 73.7 cm³/mol. The Bertz CT molecular complexity index is 318. The second-order valence-electron chi connectivity index (χ2n) is 5.27. The van der Waals surface area contributed by atoms with Gasteiger partial charge in [0.1, 0.15) is 12.1 Å². The van der Waals surface area contributed by atoms with Crippen molar-refractivity contribution in [1.82, 2.24) is 10.2 Å². The maximum Gasteiger partial charge on any atom is 0.245 e. The van der Waals surface area contributed by atoms with Crippen molar-refractivity contribution in [3.63, 3.8) is 0 Å². The van der Waals surface area contributed by atoms with Crippen molar-refractivity contribution in [2.75, 3.05) is 19.8 Å². The Hall–Kier alpha value is -1.10. The van der Waals surface area contributed by atoms with E-state index in [-0.39, 0.29) is 29.8 Å². The van der Waals surface area contributed by atoms with Gasteiger partial charge in [0, 0.05) is 13.2 Å². The molecule has 1 saturated heterocycles. The number of hydrogen-bond acceptors (Lipinski definition) is 3. The molecule has 1 aliphatic rings. The highest BCUT2D eigenvalue weighted by Crippen LogP contribution is 2.19. The summed E-state index contributed by atoms with van der Waals surface area (Å²) in [5.41, 5.74) is 0. The number of ether oxygens (including phenoxy) is 1. The van der Waals surface area contributed by atoms with Crippen LogP contribution in [-0.2, 0) is 14.3 Å². The van der Waals surface area contributed by atoms with Crippen LogP contribution in [0.5, 0.6) is 0 Å². The summed E-state index contributed by atoms with van der Waals surface area (Å²) in [5.74, 6) is 0.0950. The molecule has 0 saturated carbocycles. The van der Waals surface area contributed by atoms with Gasteiger partial charge in [-0.2, -0.15) is 0 Å². The number of hydrogen-bond donors (Lipinski definition) is 1. The first-order chi connectivity index (χ1) is 9.02. The van der Waals surface area contributed by atoms with Gasteiger partial charge in [-0.1, -0.05) is 27.2 Å². The van der Waals surface area contributed by atoms with Crippen LogP contribution in [0.2, 0.25) is 0 Å². The molecule has 0 bridgehead atoms. The van der Waals surface area contributed by atoms with Crippen LogP contribution in [0, 0.1) is 5.92 Å². The van der Waals surface area contributed by atoms with Gasteiger partial charge in [-0.05, 0) is 19.3 Å². The van der Waals surface area contributed by atoms with Gasteiger partial charge in [0.05, 0.1) is 6.61 Å². The molecule has 5 heteroatoms. The highest BCUT2D eigenvalue weighted by Gasteiger charge is 2.41. The van der Waals surface area contributed by atoms with Crippen LogP contribution < -0.4 is 5.32 Å². The van der Waals surface area contributed by atoms with E-state index in [0.29, 0.717) is 26.2 Å². The van der Waals surface area contributed by atoms with Crippen LogP contribution in [0.4, 0.5) is 0 Å². The summed E-state index contributed by atoms with van der Waals surface area (Å²) in [6.07, 6.45) is 1.57. The van der Waals surface area contributed by atoms with Gasteiger partial charge in [0.15, 0.2) is 0 Å². The summed E-state index contributed by atoms with van der Waals surface area (Å²) < 4.78 is 5.32. The van der Waals surface area contributed by atoms with Crippen molar-refractivity contribution >= 4 is 11.8 Å². The lowest BCUT2D eigenvalue weighted by molar-refractivity contribution is -0.152. The average Bonchev–Trinajstić information content (AvgIpc) is 2.34. The first-order valence-corrected chi connectivity index (χ1v) is 7.21. The van der Waals surface area contributed by atoms with E-state index in [2.05, 4.69) is 5.32 Å². The van der Waals surface area contributed by atoms with Crippen molar-refractivity contribution in [2.45, 2.75) is 52.6 Å². The summed E-state index contributed by atoms with van der Waals surface area (Å²) >= 11 is 0. The predicted octanol–water partition coefficient (Wildman–Crippen LogP) is 1.17. The number of carbonyl (C=O) groups is 2. The molecule has 2 unspecified atom stereocenters.